The normalized spacial score (nSPS) is 14.5. The van der Waals surface area contributed by atoms with Gasteiger partial charge in [-0.15, -0.1) is 0 Å². The van der Waals surface area contributed by atoms with Gasteiger partial charge in [-0.3, -0.25) is 4.79 Å². The number of carbonyl (C=O) groups excluding carboxylic acids is 1. The van der Waals surface area contributed by atoms with E-state index < -0.39 is 0 Å². The summed E-state index contributed by atoms with van der Waals surface area (Å²) in [5.41, 5.74) is 1.08. The van der Waals surface area contributed by atoms with Crippen LogP contribution in [-0.4, -0.2) is 66.3 Å². The van der Waals surface area contributed by atoms with E-state index in [9.17, 15) is 4.79 Å². The fourth-order valence-corrected chi connectivity index (χ4v) is 3.67. The second kappa shape index (κ2) is 7.34. The average Bonchev–Trinajstić information content (AvgIpc) is 3.45. The lowest BCUT2D eigenvalue weighted by Crippen LogP contribution is -2.49. The molecule has 1 saturated heterocycles. The zero-order valence-corrected chi connectivity index (χ0v) is 15.8. The number of carbonyl (C=O) groups is 1. The summed E-state index contributed by atoms with van der Waals surface area (Å²) >= 11 is 0. The quantitative estimate of drug-likeness (QED) is 0.525. The predicted molar refractivity (Wildman–Crippen MR) is 108 cm³/mol. The molecule has 0 radical (unpaired) electrons. The molecule has 29 heavy (non-hydrogen) atoms. The Kier molecular flexibility index (Phi) is 4.39. The monoisotopic (exact) mass is 388 g/mol. The van der Waals surface area contributed by atoms with E-state index in [0.29, 0.717) is 25.5 Å². The van der Waals surface area contributed by atoms with E-state index in [0.717, 1.165) is 29.8 Å². The van der Waals surface area contributed by atoms with Gasteiger partial charge in [0.05, 0.1) is 0 Å². The van der Waals surface area contributed by atoms with Gasteiger partial charge in [-0.05, 0) is 17.5 Å². The molecule has 4 heterocycles. The number of benzene rings is 1. The van der Waals surface area contributed by atoms with E-state index in [1.807, 2.05) is 46.0 Å². The van der Waals surface area contributed by atoms with Gasteiger partial charge in [0.2, 0.25) is 5.91 Å². The van der Waals surface area contributed by atoms with Crippen LogP contribution in [0.1, 0.15) is 0 Å². The maximum absolute atomic E-state index is 12.8. The van der Waals surface area contributed by atoms with Crippen molar-refractivity contribution in [2.75, 3.05) is 31.1 Å². The number of nitrogens with zero attached hydrogens (tertiary/aromatic N) is 8. The largest absolute Gasteiger partial charge is 0.353 e. The summed E-state index contributed by atoms with van der Waals surface area (Å²) in [5, 5.41) is 5.26. The van der Waals surface area contributed by atoms with Crippen LogP contribution in [0.5, 0.6) is 0 Å². The van der Waals surface area contributed by atoms with Crippen molar-refractivity contribution in [3.05, 3.63) is 61.6 Å². The number of piperazine rings is 1. The minimum absolute atomic E-state index is 0.136. The highest BCUT2D eigenvalue weighted by atomic mass is 16.2. The molecule has 1 aliphatic rings. The molecule has 1 amide bonds. The summed E-state index contributed by atoms with van der Waals surface area (Å²) in [6, 6.07) is 12.0. The van der Waals surface area contributed by atoms with Crippen LogP contribution in [0.25, 0.3) is 16.7 Å². The molecule has 0 N–H and O–H groups in total. The maximum atomic E-state index is 12.8. The standard InChI is InChI=1S/C20H20N8O/c29-20(12-27-6-5-16-3-1-2-4-17(16)27)26-9-7-25(8-10-26)18-11-19(23-14-22-18)28-15-21-13-24-28/h1-6,11,13-15H,7-10,12H2. The number of rotatable bonds is 4. The third-order valence-electron chi connectivity index (χ3n) is 5.23. The third kappa shape index (κ3) is 3.42. The van der Waals surface area contributed by atoms with Gasteiger partial charge < -0.3 is 14.4 Å². The summed E-state index contributed by atoms with van der Waals surface area (Å²) in [6.07, 6.45) is 6.58. The number of aromatic nitrogens is 6. The fourth-order valence-electron chi connectivity index (χ4n) is 3.67. The van der Waals surface area contributed by atoms with Gasteiger partial charge in [-0.25, -0.2) is 19.6 Å². The van der Waals surface area contributed by atoms with E-state index in [1.54, 1.807) is 11.0 Å². The van der Waals surface area contributed by atoms with Crippen LogP contribution in [-0.2, 0) is 11.3 Å². The first-order valence-corrected chi connectivity index (χ1v) is 9.51. The first-order valence-electron chi connectivity index (χ1n) is 9.51. The molecule has 146 valence electrons. The van der Waals surface area contributed by atoms with Crippen molar-refractivity contribution in [3.63, 3.8) is 0 Å². The summed E-state index contributed by atoms with van der Waals surface area (Å²) in [4.78, 5) is 29.5. The molecule has 0 spiro atoms. The molecule has 1 fully saturated rings. The number of anilines is 1. The number of amides is 1. The molecular weight excluding hydrogens is 368 g/mol. The van der Waals surface area contributed by atoms with Gasteiger partial charge >= 0.3 is 0 Å². The van der Waals surface area contributed by atoms with Gasteiger partial charge in [0.1, 0.15) is 31.3 Å². The highest BCUT2D eigenvalue weighted by Crippen LogP contribution is 2.17. The van der Waals surface area contributed by atoms with Gasteiger partial charge in [-0.1, -0.05) is 18.2 Å². The van der Waals surface area contributed by atoms with E-state index in [-0.39, 0.29) is 5.91 Å². The van der Waals surface area contributed by atoms with Crippen LogP contribution in [0.3, 0.4) is 0 Å². The summed E-state index contributed by atoms with van der Waals surface area (Å²) in [7, 11) is 0. The van der Waals surface area contributed by atoms with Gasteiger partial charge in [0, 0.05) is 44.0 Å². The second-order valence-corrected chi connectivity index (χ2v) is 6.94. The van der Waals surface area contributed by atoms with E-state index >= 15 is 0 Å². The molecule has 1 aromatic carbocycles. The van der Waals surface area contributed by atoms with Crippen molar-refractivity contribution >= 4 is 22.6 Å². The Hall–Kier alpha value is -3.75. The number of hydrogen-bond acceptors (Lipinski definition) is 6. The molecule has 0 unspecified atom stereocenters. The Labute approximate surface area is 167 Å². The number of fused-ring (bicyclic) bond motifs is 1. The smallest absolute Gasteiger partial charge is 0.242 e. The first kappa shape index (κ1) is 17.4. The van der Waals surface area contributed by atoms with Crippen LogP contribution < -0.4 is 4.90 Å². The average molecular weight is 388 g/mol. The molecule has 3 aromatic heterocycles. The minimum Gasteiger partial charge on any atom is -0.353 e. The van der Waals surface area contributed by atoms with E-state index in [4.69, 9.17) is 0 Å². The minimum atomic E-state index is 0.136. The first-order chi connectivity index (χ1) is 14.3. The summed E-state index contributed by atoms with van der Waals surface area (Å²) in [6.45, 7) is 3.15. The van der Waals surface area contributed by atoms with Crippen LogP contribution in [0.4, 0.5) is 5.82 Å². The van der Waals surface area contributed by atoms with Crippen LogP contribution in [0.15, 0.2) is 61.6 Å². The van der Waals surface area contributed by atoms with Crippen molar-refractivity contribution in [1.29, 1.82) is 0 Å². The topological polar surface area (TPSA) is 85.0 Å². The van der Waals surface area contributed by atoms with Crippen molar-refractivity contribution in [3.8, 4) is 5.82 Å². The zero-order valence-electron chi connectivity index (χ0n) is 15.8. The molecule has 0 aliphatic carbocycles. The van der Waals surface area contributed by atoms with Gasteiger partial charge in [-0.2, -0.15) is 5.10 Å². The molecule has 1 aliphatic heterocycles. The van der Waals surface area contributed by atoms with E-state index in [1.165, 1.54) is 12.7 Å². The van der Waals surface area contributed by atoms with Crippen LogP contribution >= 0.6 is 0 Å². The van der Waals surface area contributed by atoms with Gasteiger partial charge in [0.25, 0.3) is 0 Å². The zero-order chi connectivity index (χ0) is 19.6. The molecule has 9 nitrogen and oxygen atoms in total. The maximum Gasteiger partial charge on any atom is 0.242 e. The highest BCUT2D eigenvalue weighted by Gasteiger charge is 2.22. The molecule has 0 saturated carbocycles. The highest BCUT2D eigenvalue weighted by molar-refractivity contribution is 5.83. The van der Waals surface area contributed by atoms with Gasteiger partial charge in [0.15, 0.2) is 5.82 Å². The fraction of sp³-hybridized carbons (Fsp3) is 0.250. The lowest BCUT2D eigenvalue weighted by atomic mass is 10.2. The van der Waals surface area contributed by atoms with Crippen LogP contribution in [0, 0.1) is 0 Å². The van der Waals surface area contributed by atoms with Crippen molar-refractivity contribution < 1.29 is 4.79 Å². The Bertz CT molecular complexity index is 1130. The molecular formula is C20H20N8O. The number of para-hydroxylation sites is 1. The van der Waals surface area contributed by atoms with Crippen molar-refractivity contribution in [2.45, 2.75) is 6.54 Å². The van der Waals surface area contributed by atoms with Crippen molar-refractivity contribution in [2.24, 2.45) is 0 Å². The lowest BCUT2D eigenvalue weighted by Gasteiger charge is -2.35. The molecule has 9 heteroatoms. The Morgan fingerprint density at radius 2 is 1.79 bits per heavy atom. The predicted octanol–water partition coefficient (Wildman–Crippen LogP) is 1.36. The molecule has 0 atom stereocenters. The summed E-state index contributed by atoms with van der Waals surface area (Å²) < 4.78 is 3.62. The van der Waals surface area contributed by atoms with E-state index in [2.05, 4.69) is 31.0 Å². The lowest BCUT2D eigenvalue weighted by molar-refractivity contribution is -0.132. The molecule has 4 aromatic rings. The third-order valence-corrected chi connectivity index (χ3v) is 5.23. The van der Waals surface area contributed by atoms with Crippen molar-refractivity contribution in [1.82, 2.24) is 34.2 Å². The number of hydrogen-bond donors (Lipinski definition) is 0. The molecule has 0 bridgehead atoms. The Morgan fingerprint density at radius 3 is 2.62 bits per heavy atom. The summed E-state index contributed by atoms with van der Waals surface area (Å²) in [5.74, 6) is 1.64. The van der Waals surface area contributed by atoms with Crippen LogP contribution in [0.2, 0.25) is 0 Å². The second-order valence-electron chi connectivity index (χ2n) is 6.94. The Morgan fingerprint density at radius 1 is 0.966 bits per heavy atom. The molecule has 5 rings (SSSR count). The Balaban J connectivity index is 1.23. The SMILES string of the molecule is O=C(Cn1ccc2ccccc21)N1CCN(c2cc(-n3cncn3)ncn2)CC1.